The highest BCUT2D eigenvalue weighted by Crippen LogP contribution is 2.46. The maximum atomic E-state index is 13.4. The van der Waals surface area contributed by atoms with Crippen molar-refractivity contribution in [2.75, 3.05) is 0 Å². The first kappa shape index (κ1) is 22.4. The second-order valence-corrected chi connectivity index (χ2v) is 8.67. The summed E-state index contributed by atoms with van der Waals surface area (Å²) in [5, 5.41) is 19.8. The number of ether oxygens (including phenoxy) is 1. The van der Waals surface area contributed by atoms with E-state index in [-0.39, 0.29) is 40.0 Å². The summed E-state index contributed by atoms with van der Waals surface area (Å²) in [7, 11) is 0. The average molecular weight is 494 g/mol. The van der Waals surface area contributed by atoms with Gasteiger partial charge in [-0.2, -0.15) is 0 Å². The zero-order chi connectivity index (χ0) is 25.7. The van der Waals surface area contributed by atoms with E-state index >= 15 is 0 Å². The molecule has 2 aromatic heterocycles. The normalized spacial score (nSPS) is 14.8. The van der Waals surface area contributed by atoms with Gasteiger partial charge >= 0.3 is 11.9 Å². The minimum absolute atomic E-state index is 0.0147. The molecule has 3 heterocycles. The summed E-state index contributed by atoms with van der Waals surface area (Å²) < 4.78 is 17.4. The lowest BCUT2D eigenvalue weighted by molar-refractivity contribution is -0.135. The zero-order valence-electron chi connectivity index (χ0n) is 19.1. The average Bonchev–Trinajstić information content (AvgIpc) is 3.39. The predicted molar refractivity (Wildman–Crippen MR) is 133 cm³/mol. The fourth-order valence-electron chi connectivity index (χ4n) is 4.66. The molecule has 8 heteroatoms. The van der Waals surface area contributed by atoms with Crippen LogP contribution in [0.1, 0.15) is 34.0 Å². The highest BCUT2D eigenvalue weighted by Gasteiger charge is 2.35. The van der Waals surface area contributed by atoms with Gasteiger partial charge in [0.25, 0.3) is 0 Å². The van der Waals surface area contributed by atoms with Gasteiger partial charge in [-0.3, -0.25) is 9.59 Å². The zero-order valence-corrected chi connectivity index (χ0v) is 19.1. The number of carbonyl (C=O) groups excluding carboxylic acids is 1. The lowest BCUT2D eigenvalue weighted by atomic mass is 9.88. The van der Waals surface area contributed by atoms with E-state index in [1.165, 1.54) is 24.5 Å². The predicted octanol–water partition coefficient (Wildman–Crippen LogP) is 5.56. The SMILES string of the molecule is O=C1CC(c2ccc(-c3ccc(C(=O)O)cc3)o2)c2c(cc(O)c3c(=O)c(-c4ccccc4)coc23)O1. The Bertz CT molecular complexity index is 1740. The number of aromatic hydroxyl groups is 1. The van der Waals surface area contributed by atoms with Crippen LogP contribution in [0.4, 0.5) is 0 Å². The number of carboxylic acids is 1. The highest BCUT2D eigenvalue weighted by molar-refractivity contribution is 5.94. The van der Waals surface area contributed by atoms with Gasteiger partial charge in [-0.1, -0.05) is 42.5 Å². The number of esters is 1. The Balaban J connectivity index is 1.49. The van der Waals surface area contributed by atoms with Gasteiger partial charge in [0.2, 0.25) is 5.43 Å². The minimum Gasteiger partial charge on any atom is -0.507 e. The topological polar surface area (TPSA) is 127 Å². The smallest absolute Gasteiger partial charge is 0.335 e. The molecule has 1 aliphatic rings. The number of rotatable bonds is 4. The van der Waals surface area contributed by atoms with E-state index in [1.54, 1.807) is 48.5 Å². The molecule has 182 valence electrons. The Morgan fingerprint density at radius 1 is 0.919 bits per heavy atom. The molecule has 37 heavy (non-hydrogen) atoms. The van der Waals surface area contributed by atoms with Crippen LogP contribution in [0.15, 0.2) is 92.7 Å². The Kier molecular flexibility index (Phi) is 5.15. The van der Waals surface area contributed by atoms with Crippen LogP contribution < -0.4 is 10.2 Å². The van der Waals surface area contributed by atoms with Crippen molar-refractivity contribution in [2.24, 2.45) is 0 Å². The van der Waals surface area contributed by atoms with Crippen molar-refractivity contribution in [2.45, 2.75) is 12.3 Å². The van der Waals surface area contributed by atoms with Gasteiger partial charge < -0.3 is 23.8 Å². The standard InChI is InChI=1S/C29H18O8/c30-20-13-23-25(28-26(20)27(32)19(14-35-28)15-4-2-1-3-5-15)18(12-24(31)37-23)22-11-10-21(36-22)16-6-8-17(9-7-16)29(33)34/h1-11,13-14,18,30H,12H2,(H,33,34). The van der Waals surface area contributed by atoms with Crippen molar-refractivity contribution in [3.8, 4) is 33.9 Å². The number of fused-ring (bicyclic) bond motifs is 3. The Hall–Kier alpha value is -5.11. The molecule has 1 atom stereocenters. The molecule has 1 unspecified atom stereocenters. The molecule has 5 aromatic rings. The molecule has 3 aromatic carbocycles. The van der Waals surface area contributed by atoms with E-state index in [0.29, 0.717) is 28.2 Å². The maximum Gasteiger partial charge on any atom is 0.335 e. The quantitative estimate of drug-likeness (QED) is 0.245. The van der Waals surface area contributed by atoms with Crippen LogP contribution in [0.5, 0.6) is 11.5 Å². The molecule has 0 spiro atoms. The molecule has 8 nitrogen and oxygen atoms in total. The summed E-state index contributed by atoms with van der Waals surface area (Å²) in [4.78, 5) is 37.0. The molecule has 6 rings (SSSR count). The number of furan rings is 1. The van der Waals surface area contributed by atoms with Gasteiger partial charge in [0.1, 0.15) is 40.3 Å². The van der Waals surface area contributed by atoms with Gasteiger partial charge in [0.15, 0.2) is 0 Å². The fraction of sp³-hybridized carbons (Fsp3) is 0.0690. The van der Waals surface area contributed by atoms with Crippen LogP contribution >= 0.6 is 0 Å². The summed E-state index contributed by atoms with van der Waals surface area (Å²) >= 11 is 0. The summed E-state index contributed by atoms with van der Waals surface area (Å²) in [5.74, 6) is -1.56. The van der Waals surface area contributed by atoms with Crippen molar-refractivity contribution in [1.82, 2.24) is 0 Å². The molecule has 1 aliphatic heterocycles. The van der Waals surface area contributed by atoms with Gasteiger partial charge in [-0.25, -0.2) is 4.79 Å². The van der Waals surface area contributed by atoms with Crippen LogP contribution in [0.25, 0.3) is 33.4 Å². The van der Waals surface area contributed by atoms with E-state index in [0.717, 1.165) is 0 Å². The van der Waals surface area contributed by atoms with Gasteiger partial charge in [0.05, 0.1) is 23.5 Å². The second-order valence-electron chi connectivity index (χ2n) is 8.67. The van der Waals surface area contributed by atoms with Crippen molar-refractivity contribution < 1.29 is 33.4 Å². The molecule has 0 fully saturated rings. The molecular formula is C29H18O8. The first-order chi connectivity index (χ1) is 17.9. The van der Waals surface area contributed by atoms with Crippen molar-refractivity contribution in [3.63, 3.8) is 0 Å². The van der Waals surface area contributed by atoms with Crippen LogP contribution in [-0.2, 0) is 4.79 Å². The summed E-state index contributed by atoms with van der Waals surface area (Å²) in [6.07, 6.45) is 1.27. The van der Waals surface area contributed by atoms with Crippen LogP contribution in [0.3, 0.4) is 0 Å². The maximum absolute atomic E-state index is 13.4. The number of aromatic carboxylic acids is 1. The van der Waals surface area contributed by atoms with Gasteiger partial charge in [-0.15, -0.1) is 0 Å². The van der Waals surface area contributed by atoms with E-state index in [1.807, 2.05) is 6.07 Å². The summed E-state index contributed by atoms with van der Waals surface area (Å²) in [5.41, 5.74) is 1.86. The fourth-order valence-corrected chi connectivity index (χ4v) is 4.66. The number of phenols is 1. The molecule has 0 saturated heterocycles. The number of hydrogen-bond donors (Lipinski definition) is 2. The third-order valence-corrected chi connectivity index (χ3v) is 6.44. The van der Waals surface area contributed by atoms with Crippen molar-refractivity contribution in [3.05, 3.63) is 106 Å². The first-order valence-electron chi connectivity index (χ1n) is 11.4. The van der Waals surface area contributed by atoms with Crippen molar-refractivity contribution in [1.29, 1.82) is 0 Å². The lowest BCUT2D eigenvalue weighted by Gasteiger charge is -2.24. The van der Waals surface area contributed by atoms with E-state index < -0.39 is 23.3 Å². The summed E-state index contributed by atoms with van der Waals surface area (Å²) in [6.45, 7) is 0. The largest absolute Gasteiger partial charge is 0.507 e. The van der Waals surface area contributed by atoms with E-state index in [4.69, 9.17) is 18.7 Å². The third kappa shape index (κ3) is 3.75. The van der Waals surface area contributed by atoms with E-state index in [2.05, 4.69) is 0 Å². The molecule has 0 bridgehead atoms. The van der Waals surface area contributed by atoms with Crippen LogP contribution in [0.2, 0.25) is 0 Å². The van der Waals surface area contributed by atoms with Crippen LogP contribution in [0, 0.1) is 0 Å². The van der Waals surface area contributed by atoms with Gasteiger partial charge in [0, 0.05) is 17.2 Å². The molecule has 0 aliphatic carbocycles. The molecule has 0 radical (unpaired) electrons. The van der Waals surface area contributed by atoms with Crippen LogP contribution in [-0.4, -0.2) is 22.2 Å². The number of benzene rings is 3. The van der Waals surface area contributed by atoms with E-state index in [9.17, 15) is 19.5 Å². The number of hydrogen-bond acceptors (Lipinski definition) is 7. The number of carboxylic acid groups (broad SMARTS) is 1. The third-order valence-electron chi connectivity index (χ3n) is 6.44. The monoisotopic (exact) mass is 494 g/mol. The Morgan fingerprint density at radius 2 is 1.68 bits per heavy atom. The van der Waals surface area contributed by atoms with Gasteiger partial charge in [-0.05, 0) is 29.8 Å². The molecular weight excluding hydrogens is 476 g/mol. The highest BCUT2D eigenvalue weighted by atomic mass is 16.5. The van der Waals surface area contributed by atoms with Crippen molar-refractivity contribution >= 4 is 22.9 Å². The minimum atomic E-state index is -1.03. The lowest BCUT2D eigenvalue weighted by Crippen LogP contribution is -2.21. The molecule has 2 N–H and O–H groups in total. The first-order valence-corrected chi connectivity index (χ1v) is 11.4. The number of phenolic OH excluding ortho intramolecular Hbond substituents is 1. The summed E-state index contributed by atoms with van der Waals surface area (Å²) in [6, 6.07) is 19.9. The second kappa shape index (κ2) is 8.53. The molecule has 0 amide bonds. The molecule has 0 saturated carbocycles. The Labute approximate surface area is 209 Å². The number of carbonyl (C=O) groups is 2. The Morgan fingerprint density at radius 3 is 2.41 bits per heavy atom.